The SMILES string of the molecule is CC1CCC(N)C(CN(C)Cc2cccc(F)c2)C1. The molecule has 2 nitrogen and oxygen atoms in total. The molecule has 0 aromatic heterocycles. The Morgan fingerprint density at radius 2 is 2.16 bits per heavy atom. The van der Waals surface area contributed by atoms with Crippen LogP contribution in [0.5, 0.6) is 0 Å². The molecular formula is C16H25FN2. The quantitative estimate of drug-likeness (QED) is 0.905. The molecule has 1 aliphatic carbocycles. The highest BCUT2D eigenvalue weighted by Crippen LogP contribution is 2.28. The molecule has 0 bridgehead atoms. The summed E-state index contributed by atoms with van der Waals surface area (Å²) in [5.41, 5.74) is 7.25. The molecule has 2 N–H and O–H groups in total. The van der Waals surface area contributed by atoms with E-state index in [1.54, 1.807) is 12.1 Å². The van der Waals surface area contributed by atoms with E-state index in [1.165, 1.54) is 18.9 Å². The summed E-state index contributed by atoms with van der Waals surface area (Å²) in [6, 6.07) is 7.17. The molecule has 106 valence electrons. The standard InChI is InChI=1S/C16H25FN2/c1-12-6-7-16(18)14(8-12)11-19(2)10-13-4-3-5-15(17)9-13/h3-5,9,12,14,16H,6-8,10-11,18H2,1-2H3. The van der Waals surface area contributed by atoms with Crippen LogP contribution < -0.4 is 5.73 Å². The molecule has 3 atom stereocenters. The zero-order valence-corrected chi connectivity index (χ0v) is 12.0. The molecule has 1 aliphatic rings. The van der Waals surface area contributed by atoms with Crippen molar-refractivity contribution in [2.45, 2.75) is 38.8 Å². The lowest BCUT2D eigenvalue weighted by Gasteiger charge is -2.35. The molecule has 2 rings (SSSR count). The predicted octanol–water partition coefficient (Wildman–Crippen LogP) is 3.02. The van der Waals surface area contributed by atoms with Gasteiger partial charge in [0, 0.05) is 19.1 Å². The summed E-state index contributed by atoms with van der Waals surface area (Å²) < 4.78 is 13.2. The fourth-order valence-electron chi connectivity index (χ4n) is 3.14. The molecule has 3 unspecified atom stereocenters. The average molecular weight is 264 g/mol. The van der Waals surface area contributed by atoms with Crippen LogP contribution in [-0.4, -0.2) is 24.5 Å². The van der Waals surface area contributed by atoms with Crippen molar-refractivity contribution in [1.29, 1.82) is 0 Å². The van der Waals surface area contributed by atoms with Crippen molar-refractivity contribution in [2.75, 3.05) is 13.6 Å². The van der Waals surface area contributed by atoms with Crippen molar-refractivity contribution in [2.24, 2.45) is 17.6 Å². The summed E-state index contributed by atoms with van der Waals surface area (Å²) in [5.74, 6) is 1.20. The van der Waals surface area contributed by atoms with Crippen LogP contribution in [0, 0.1) is 17.7 Å². The maximum atomic E-state index is 13.2. The lowest BCUT2D eigenvalue weighted by Crippen LogP contribution is -2.41. The monoisotopic (exact) mass is 264 g/mol. The van der Waals surface area contributed by atoms with Crippen molar-refractivity contribution in [3.63, 3.8) is 0 Å². The Hall–Kier alpha value is -0.930. The lowest BCUT2D eigenvalue weighted by molar-refractivity contribution is 0.177. The third-order valence-corrected chi connectivity index (χ3v) is 4.19. The Morgan fingerprint density at radius 3 is 2.89 bits per heavy atom. The third kappa shape index (κ3) is 4.29. The van der Waals surface area contributed by atoms with Gasteiger partial charge in [-0.15, -0.1) is 0 Å². The number of hydrogen-bond acceptors (Lipinski definition) is 2. The fourth-order valence-corrected chi connectivity index (χ4v) is 3.14. The van der Waals surface area contributed by atoms with E-state index in [1.807, 2.05) is 6.07 Å². The van der Waals surface area contributed by atoms with Gasteiger partial charge in [0.2, 0.25) is 0 Å². The maximum Gasteiger partial charge on any atom is 0.123 e. The van der Waals surface area contributed by atoms with Crippen LogP contribution in [0.4, 0.5) is 4.39 Å². The minimum atomic E-state index is -0.158. The van der Waals surface area contributed by atoms with Gasteiger partial charge < -0.3 is 10.6 Å². The van der Waals surface area contributed by atoms with Crippen molar-refractivity contribution in [1.82, 2.24) is 4.90 Å². The van der Waals surface area contributed by atoms with Crippen LogP contribution >= 0.6 is 0 Å². The molecule has 0 heterocycles. The molecule has 0 radical (unpaired) electrons. The first-order chi connectivity index (χ1) is 9.04. The van der Waals surface area contributed by atoms with E-state index in [2.05, 4.69) is 18.9 Å². The minimum absolute atomic E-state index is 0.158. The zero-order valence-electron chi connectivity index (χ0n) is 12.0. The van der Waals surface area contributed by atoms with E-state index in [-0.39, 0.29) is 5.82 Å². The van der Waals surface area contributed by atoms with Gasteiger partial charge in [-0.2, -0.15) is 0 Å². The van der Waals surface area contributed by atoms with E-state index in [9.17, 15) is 4.39 Å². The first-order valence-corrected chi connectivity index (χ1v) is 7.23. The van der Waals surface area contributed by atoms with Crippen molar-refractivity contribution in [3.05, 3.63) is 35.6 Å². The van der Waals surface area contributed by atoms with Crippen LogP contribution in [0.1, 0.15) is 31.7 Å². The largest absolute Gasteiger partial charge is 0.327 e. The number of hydrogen-bond donors (Lipinski definition) is 1. The summed E-state index contributed by atoms with van der Waals surface area (Å²) in [4.78, 5) is 2.26. The minimum Gasteiger partial charge on any atom is -0.327 e. The fraction of sp³-hybridized carbons (Fsp3) is 0.625. The molecule has 0 saturated heterocycles. The van der Waals surface area contributed by atoms with Crippen LogP contribution in [-0.2, 0) is 6.54 Å². The van der Waals surface area contributed by atoms with Gasteiger partial charge in [-0.3, -0.25) is 0 Å². The second kappa shape index (κ2) is 6.49. The van der Waals surface area contributed by atoms with Gasteiger partial charge in [0.1, 0.15) is 5.82 Å². The van der Waals surface area contributed by atoms with Gasteiger partial charge in [0.05, 0.1) is 0 Å². The molecule has 1 aromatic carbocycles. The van der Waals surface area contributed by atoms with Crippen molar-refractivity contribution in [3.8, 4) is 0 Å². The molecule has 0 spiro atoms. The Bertz CT molecular complexity index is 407. The second-order valence-corrected chi connectivity index (χ2v) is 6.17. The van der Waals surface area contributed by atoms with Crippen molar-refractivity contribution < 1.29 is 4.39 Å². The van der Waals surface area contributed by atoms with E-state index in [4.69, 9.17) is 5.73 Å². The summed E-state index contributed by atoms with van der Waals surface area (Å²) in [6.07, 6.45) is 3.61. The number of rotatable bonds is 4. The molecule has 1 saturated carbocycles. The van der Waals surface area contributed by atoms with Gasteiger partial charge in [0.25, 0.3) is 0 Å². The Balaban J connectivity index is 1.88. The first-order valence-electron chi connectivity index (χ1n) is 7.23. The topological polar surface area (TPSA) is 29.3 Å². The number of benzene rings is 1. The van der Waals surface area contributed by atoms with E-state index in [0.29, 0.717) is 12.0 Å². The molecular weight excluding hydrogens is 239 g/mol. The summed E-state index contributed by atoms with van der Waals surface area (Å²) in [5, 5.41) is 0. The van der Waals surface area contributed by atoms with Crippen LogP contribution in [0.2, 0.25) is 0 Å². The highest BCUT2D eigenvalue weighted by molar-refractivity contribution is 5.16. The summed E-state index contributed by atoms with van der Waals surface area (Å²) in [7, 11) is 2.09. The second-order valence-electron chi connectivity index (χ2n) is 6.17. The van der Waals surface area contributed by atoms with Gasteiger partial charge in [-0.1, -0.05) is 19.1 Å². The smallest absolute Gasteiger partial charge is 0.123 e. The Morgan fingerprint density at radius 1 is 1.37 bits per heavy atom. The molecule has 0 aliphatic heterocycles. The van der Waals surface area contributed by atoms with E-state index >= 15 is 0 Å². The van der Waals surface area contributed by atoms with E-state index < -0.39 is 0 Å². The lowest BCUT2D eigenvalue weighted by atomic mass is 9.79. The zero-order chi connectivity index (χ0) is 13.8. The highest BCUT2D eigenvalue weighted by Gasteiger charge is 2.26. The van der Waals surface area contributed by atoms with Crippen LogP contribution in [0.25, 0.3) is 0 Å². The predicted molar refractivity (Wildman–Crippen MR) is 77.2 cm³/mol. The highest BCUT2D eigenvalue weighted by atomic mass is 19.1. The molecule has 1 aromatic rings. The maximum absolute atomic E-state index is 13.2. The van der Waals surface area contributed by atoms with Crippen molar-refractivity contribution >= 4 is 0 Å². The Labute approximate surface area is 115 Å². The molecule has 3 heteroatoms. The summed E-state index contributed by atoms with van der Waals surface area (Å²) >= 11 is 0. The Kier molecular flexibility index (Phi) is 4.94. The van der Waals surface area contributed by atoms with E-state index in [0.717, 1.165) is 31.0 Å². The first kappa shape index (κ1) is 14.5. The van der Waals surface area contributed by atoms with Gasteiger partial charge in [-0.05, 0) is 55.8 Å². The number of nitrogens with zero attached hydrogens (tertiary/aromatic N) is 1. The summed E-state index contributed by atoms with van der Waals surface area (Å²) in [6.45, 7) is 4.10. The normalized spacial score (nSPS) is 27.7. The average Bonchev–Trinajstić information content (AvgIpc) is 2.34. The molecule has 19 heavy (non-hydrogen) atoms. The van der Waals surface area contributed by atoms with Crippen LogP contribution in [0.15, 0.2) is 24.3 Å². The molecule has 1 fully saturated rings. The molecule has 0 amide bonds. The van der Waals surface area contributed by atoms with Gasteiger partial charge >= 0.3 is 0 Å². The van der Waals surface area contributed by atoms with Gasteiger partial charge in [0.15, 0.2) is 0 Å². The number of halogens is 1. The number of nitrogens with two attached hydrogens (primary N) is 1. The van der Waals surface area contributed by atoms with Gasteiger partial charge in [-0.25, -0.2) is 4.39 Å². The van der Waals surface area contributed by atoms with Crippen LogP contribution in [0.3, 0.4) is 0 Å². The third-order valence-electron chi connectivity index (χ3n) is 4.19.